The Morgan fingerprint density at radius 3 is 2.83 bits per heavy atom. The van der Waals surface area contributed by atoms with Crippen LogP contribution >= 0.6 is 11.8 Å². The van der Waals surface area contributed by atoms with Crippen molar-refractivity contribution in [3.63, 3.8) is 0 Å². The van der Waals surface area contributed by atoms with Gasteiger partial charge in [-0.3, -0.25) is 9.78 Å². The fourth-order valence-electron chi connectivity index (χ4n) is 3.91. The van der Waals surface area contributed by atoms with Gasteiger partial charge in [0.25, 0.3) is 0 Å². The molecule has 0 unspecified atom stereocenters. The maximum atomic E-state index is 12.9. The molecule has 3 heterocycles. The summed E-state index contributed by atoms with van der Waals surface area (Å²) in [6.07, 6.45) is 4.05. The second-order valence-electron chi connectivity index (χ2n) is 7.24. The van der Waals surface area contributed by atoms with E-state index in [1.165, 1.54) is 11.8 Å². The third-order valence-corrected chi connectivity index (χ3v) is 6.23. The summed E-state index contributed by atoms with van der Waals surface area (Å²) in [4.78, 5) is 21.9. The van der Waals surface area contributed by atoms with Crippen LogP contribution < -0.4 is 10.1 Å². The molecule has 0 amide bonds. The number of carbonyl (C=O) groups is 1. The first-order chi connectivity index (χ1) is 14.7. The number of carbonyl (C=O) groups excluding carboxylic acids is 1. The Hall–Kier alpha value is -3.13. The Balaban J connectivity index is 1.51. The molecule has 2 aliphatic rings. The SMILES string of the molecule is COc1ccc([C@@H]2C3=C(CCCC3=O)Nc3nc(SCc4ccccn4)nn32)cc1. The average molecular weight is 420 g/mol. The van der Waals surface area contributed by atoms with Gasteiger partial charge in [-0.1, -0.05) is 30.0 Å². The van der Waals surface area contributed by atoms with Crippen LogP contribution in [0, 0.1) is 0 Å². The van der Waals surface area contributed by atoms with E-state index in [0.717, 1.165) is 41.1 Å². The monoisotopic (exact) mass is 419 g/mol. The zero-order valence-corrected chi connectivity index (χ0v) is 17.4. The molecule has 2 aromatic heterocycles. The normalized spacial score (nSPS) is 17.9. The average Bonchev–Trinajstić information content (AvgIpc) is 3.20. The predicted octanol–water partition coefficient (Wildman–Crippen LogP) is 4.00. The van der Waals surface area contributed by atoms with Gasteiger partial charge >= 0.3 is 0 Å². The van der Waals surface area contributed by atoms with E-state index in [4.69, 9.17) is 14.8 Å². The highest BCUT2D eigenvalue weighted by atomic mass is 32.2. The number of ether oxygens (including phenoxy) is 1. The van der Waals surface area contributed by atoms with Crippen molar-refractivity contribution in [1.29, 1.82) is 0 Å². The molecule has 0 saturated carbocycles. The highest BCUT2D eigenvalue weighted by Crippen LogP contribution is 2.41. The van der Waals surface area contributed by atoms with E-state index in [0.29, 0.717) is 23.3 Å². The fourth-order valence-corrected chi connectivity index (χ4v) is 4.66. The maximum Gasteiger partial charge on any atom is 0.227 e. The number of ketones is 1. The van der Waals surface area contributed by atoms with Gasteiger partial charge in [0.05, 0.1) is 12.8 Å². The van der Waals surface area contributed by atoms with Gasteiger partial charge in [0.15, 0.2) is 5.78 Å². The molecule has 0 bridgehead atoms. The highest BCUT2D eigenvalue weighted by Gasteiger charge is 2.36. The number of hydrogen-bond acceptors (Lipinski definition) is 7. The molecule has 7 nitrogen and oxygen atoms in total. The van der Waals surface area contributed by atoms with E-state index in [1.54, 1.807) is 13.3 Å². The van der Waals surface area contributed by atoms with Gasteiger partial charge in [0, 0.05) is 29.6 Å². The Morgan fingerprint density at radius 2 is 2.07 bits per heavy atom. The molecule has 1 aliphatic heterocycles. The second kappa shape index (κ2) is 7.95. The van der Waals surface area contributed by atoms with E-state index in [1.807, 2.05) is 47.1 Å². The molecule has 0 saturated heterocycles. The van der Waals surface area contributed by atoms with Crippen molar-refractivity contribution in [2.24, 2.45) is 0 Å². The number of anilines is 1. The van der Waals surface area contributed by atoms with Crippen molar-refractivity contribution in [3.8, 4) is 5.75 Å². The molecule has 0 radical (unpaired) electrons. The first-order valence-electron chi connectivity index (χ1n) is 9.89. The number of aromatic nitrogens is 4. The molecule has 30 heavy (non-hydrogen) atoms. The lowest BCUT2D eigenvalue weighted by Gasteiger charge is -2.32. The highest BCUT2D eigenvalue weighted by molar-refractivity contribution is 7.98. The zero-order chi connectivity index (χ0) is 20.5. The van der Waals surface area contributed by atoms with Crippen molar-refractivity contribution >= 4 is 23.5 Å². The first-order valence-corrected chi connectivity index (χ1v) is 10.9. The van der Waals surface area contributed by atoms with Crippen molar-refractivity contribution in [2.45, 2.75) is 36.2 Å². The molecule has 0 fully saturated rings. The van der Waals surface area contributed by atoms with Crippen molar-refractivity contribution in [3.05, 3.63) is 71.2 Å². The Morgan fingerprint density at radius 1 is 1.20 bits per heavy atom. The number of nitrogens with one attached hydrogen (secondary N) is 1. The lowest BCUT2D eigenvalue weighted by molar-refractivity contribution is -0.116. The predicted molar refractivity (Wildman–Crippen MR) is 114 cm³/mol. The minimum absolute atomic E-state index is 0.174. The first kappa shape index (κ1) is 18.9. The van der Waals surface area contributed by atoms with Crippen LogP contribution in [0.5, 0.6) is 5.75 Å². The molecule has 1 N–H and O–H groups in total. The summed E-state index contributed by atoms with van der Waals surface area (Å²) in [5, 5.41) is 8.78. The summed E-state index contributed by atoms with van der Waals surface area (Å²) in [5.74, 6) is 2.31. The van der Waals surface area contributed by atoms with E-state index < -0.39 is 0 Å². The topological polar surface area (TPSA) is 81.9 Å². The van der Waals surface area contributed by atoms with E-state index in [-0.39, 0.29) is 11.8 Å². The van der Waals surface area contributed by atoms with E-state index >= 15 is 0 Å². The number of allylic oxidation sites excluding steroid dienone is 2. The van der Waals surface area contributed by atoms with Crippen LogP contribution in [-0.4, -0.2) is 32.6 Å². The van der Waals surface area contributed by atoms with E-state index in [2.05, 4.69) is 10.3 Å². The van der Waals surface area contributed by atoms with Crippen LogP contribution in [0.2, 0.25) is 0 Å². The molecule has 5 rings (SSSR count). The number of benzene rings is 1. The minimum atomic E-state index is -0.286. The lowest BCUT2D eigenvalue weighted by atomic mass is 9.85. The molecule has 8 heteroatoms. The Labute approximate surface area is 178 Å². The summed E-state index contributed by atoms with van der Waals surface area (Å²) in [6.45, 7) is 0. The number of pyridine rings is 1. The van der Waals surface area contributed by atoms with E-state index in [9.17, 15) is 4.79 Å². The largest absolute Gasteiger partial charge is 0.497 e. The molecule has 0 spiro atoms. The van der Waals surface area contributed by atoms with Gasteiger partial charge < -0.3 is 10.1 Å². The van der Waals surface area contributed by atoms with Crippen molar-refractivity contribution in [2.75, 3.05) is 12.4 Å². The maximum absolute atomic E-state index is 12.9. The molecule has 1 atom stereocenters. The number of rotatable bonds is 5. The van der Waals surface area contributed by atoms with Gasteiger partial charge in [0.2, 0.25) is 11.1 Å². The van der Waals surface area contributed by atoms with Crippen LogP contribution in [0.15, 0.2) is 65.1 Å². The lowest BCUT2D eigenvalue weighted by Crippen LogP contribution is -2.31. The molecule has 1 aliphatic carbocycles. The van der Waals surface area contributed by atoms with Crippen molar-refractivity contribution < 1.29 is 9.53 Å². The number of nitrogens with zero attached hydrogens (tertiary/aromatic N) is 4. The second-order valence-corrected chi connectivity index (χ2v) is 8.18. The number of Topliss-reactive ketones (excluding diaryl/α,β-unsaturated/α-hetero) is 1. The Bertz CT molecular complexity index is 1110. The van der Waals surface area contributed by atoms with Gasteiger partial charge in [-0.05, 0) is 42.7 Å². The Kier molecular flexibility index (Phi) is 5.00. The number of thioether (sulfide) groups is 1. The smallest absolute Gasteiger partial charge is 0.227 e. The van der Waals surface area contributed by atoms with Crippen LogP contribution in [-0.2, 0) is 10.5 Å². The third kappa shape index (κ3) is 3.47. The number of methoxy groups -OCH3 is 1. The standard InChI is InChI=1S/C22H21N5O2S/c1-29-16-10-8-14(9-11-16)20-19-17(6-4-7-18(19)28)24-21-25-22(26-27(20)21)30-13-15-5-2-3-12-23-15/h2-3,5,8-12,20H,4,6-7,13H2,1H3,(H,24,25,26)/t20-/m1/s1. The minimum Gasteiger partial charge on any atom is -0.497 e. The van der Waals surface area contributed by atoms with Gasteiger partial charge in [-0.2, -0.15) is 4.98 Å². The fraction of sp³-hybridized carbons (Fsp3) is 0.273. The van der Waals surface area contributed by atoms with Gasteiger partial charge in [-0.25, -0.2) is 4.68 Å². The van der Waals surface area contributed by atoms with Gasteiger partial charge in [0.1, 0.15) is 11.8 Å². The molecule has 3 aromatic rings. The summed E-state index contributed by atoms with van der Waals surface area (Å²) < 4.78 is 7.13. The quantitative estimate of drug-likeness (QED) is 0.626. The third-order valence-electron chi connectivity index (χ3n) is 5.36. The zero-order valence-electron chi connectivity index (χ0n) is 16.5. The van der Waals surface area contributed by atoms with Crippen molar-refractivity contribution in [1.82, 2.24) is 19.7 Å². The number of hydrogen-bond donors (Lipinski definition) is 1. The van der Waals surface area contributed by atoms with Crippen LogP contribution in [0.4, 0.5) is 5.95 Å². The molecular formula is C22H21N5O2S. The van der Waals surface area contributed by atoms with Gasteiger partial charge in [-0.15, -0.1) is 5.10 Å². The van der Waals surface area contributed by atoms with Crippen LogP contribution in [0.1, 0.15) is 36.6 Å². The number of fused-ring (bicyclic) bond motifs is 1. The summed E-state index contributed by atoms with van der Waals surface area (Å²) >= 11 is 1.54. The molecule has 1 aromatic carbocycles. The van der Waals surface area contributed by atoms with Crippen LogP contribution in [0.3, 0.4) is 0 Å². The molecular weight excluding hydrogens is 398 g/mol. The summed E-state index contributed by atoms with van der Waals surface area (Å²) in [7, 11) is 1.64. The summed E-state index contributed by atoms with van der Waals surface area (Å²) in [5.41, 5.74) is 3.73. The molecule has 152 valence electrons. The van der Waals surface area contributed by atoms with Crippen LogP contribution in [0.25, 0.3) is 0 Å². The summed E-state index contributed by atoms with van der Waals surface area (Å²) in [6, 6.07) is 13.4.